The van der Waals surface area contributed by atoms with Crippen molar-refractivity contribution in [3.8, 4) is 0 Å². The Morgan fingerprint density at radius 1 is 1.06 bits per heavy atom. The molecule has 0 radical (unpaired) electrons. The highest BCUT2D eigenvalue weighted by atomic mass is 32.1. The third kappa shape index (κ3) is 1.99. The van der Waals surface area contributed by atoms with Crippen LogP contribution in [0.15, 0.2) is 42.0 Å². The summed E-state index contributed by atoms with van der Waals surface area (Å²) in [5.41, 5.74) is 3.28. The molecule has 0 saturated carbocycles. The molecule has 2 aromatic heterocycles. The highest BCUT2D eigenvalue weighted by Gasteiger charge is 2.04. The molecule has 0 aliphatic carbocycles. The number of thiophene rings is 1. The SMILES string of the molecule is Cc1ccc(Nc2ncnc3ccsc23)cc1. The maximum Gasteiger partial charge on any atom is 0.151 e. The van der Waals surface area contributed by atoms with Gasteiger partial charge in [0.2, 0.25) is 0 Å². The molecule has 0 aliphatic heterocycles. The lowest BCUT2D eigenvalue weighted by Gasteiger charge is -2.06. The zero-order valence-corrected chi connectivity index (χ0v) is 10.2. The van der Waals surface area contributed by atoms with Crippen LogP contribution in [0.2, 0.25) is 0 Å². The van der Waals surface area contributed by atoms with Crippen LogP contribution in [0.25, 0.3) is 10.2 Å². The molecule has 0 spiro atoms. The van der Waals surface area contributed by atoms with Crippen LogP contribution in [0.3, 0.4) is 0 Å². The molecule has 0 aliphatic rings. The van der Waals surface area contributed by atoms with Gasteiger partial charge in [0, 0.05) is 5.69 Å². The molecule has 3 aromatic rings. The van der Waals surface area contributed by atoms with Crippen molar-refractivity contribution in [2.75, 3.05) is 5.32 Å². The van der Waals surface area contributed by atoms with Gasteiger partial charge in [-0.3, -0.25) is 0 Å². The lowest BCUT2D eigenvalue weighted by atomic mass is 10.2. The van der Waals surface area contributed by atoms with E-state index in [1.54, 1.807) is 17.7 Å². The molecular formula is C13H11N3S. The lowest BCUT2D eigenvalue weighted by Crippen LogP contribution is -1.94. The van der Waals surface area contributed by atoms with Crippen LogP contribution in [0.5, 0.6) is 0 Å². The number of benzene rings is 1. The molecule has 2 heterocycles. The highest BCUT2D eigenvalue weighted by Crippen LogP contribution is 2.27. The third-order valence-electron chi connectivity index (χ3n) is 2.56. The fourth-order valence-electron chi connectivity index (χ4n) is 1.65. The molecule has 0 atom stereocenters. The first-order chi connectivity index (χ1) is 8.33. The van der Waals surface area contributed by atoms with Crippen LogP contribution in [0.1, 0.15) is 5.56 Å². The Bertz CT molecular complexity index is 643. The highest BCUT2D eigenvalue weighted by molar-refractivity contribution is 7.17. The fourth-order valence-corrected chi connectivity index (χ4v) is 2.44. The quantitative estimate of drug-likeness (QED) is 0.742. The molecule has 84 valence electrons. The molecule has 3 nitrogen and oxygen atoms in total. The monoisotopic (exact) mass is 241 g/mol. The van der Waals surface area contributed by atoms with Gasteiger partial charge >= 0.3 is 0 Å². The minimum atomic E-state index is 0.869. The molecule has 4 heteroatoms. The number of nitrogens with zero attached hydrogens (tertiary/aromatic N) is 2. The first kappa shape index (κ1) is 10.2. The number of aromatic nitrogens is 2. The van der Waals surface area contributed by atoms with E-state index in [2.05, 4.69) is 46.5 Å². The van der Waals surface area contributed by atoms with E-state index >= 15 is 0 Å². The van der Waals surface area contributed by atoms with E-state index in [4.69, 9.17) is 0 Å². The number of aryl methyl sites for hydroxylation is 1. The van der Waals surface area contributed by atoms with Gasteiger partial charge in [0.05, 0.1) is 10.2 Å². The summed E-state index contributed by atoms with van der Waals surface area (Å²) >= 11 is 1.65. The molecule has 0 saturated heterocycles. The normalized spacial score (nSPS) is 10.6. The van der Waals surface area contributed by atoms with Gasteiger partial charge < -0.3 is 5.32 Å². The van der Waals surface area contributed by atoms with Crippen LogP contribution in [0.4, 0.5) is 11.5 Å². The molecule has 17 heavy (non-hydrogen) atoms. The zero-order chi connectivity index (χ0) is 11.7. The molecule has 0 amide bonds. The predicted molar refractivity (Wildman–Crippen MR) is 71.9 cm³/mol. The minimum absolute atomic E-state index is 0.869. The van der Waals surface area contributed by atoms with Gasteiger partial charge in [0.1, 0.15) is 6.33 Å². The molecule has 0 fully saturated rings. The van der Waals surface area contributed by atoms with Gasteiger partial charge in [0.15, 0.2) is 5.82 Å². The second kappa shape index (κ2) is 4.14. The van der Waals surface area contributed by atoms with E-state index in [0.717, 1.165) is 21.7 Å². The Balaban J connectivity index is 1.99. The van der Waals surface area contributed by atoms with Crippen molar-refractivity contribution >= 4 is 33.1 Å². The van der Waals surface area contributed by atoms with Crippen molar-refractivity contribution in [2.24, 2.45) is 0 Å². The average Bonchev–Trinajstić information content (AvgIpc) is 2.81. The van der Waals surface area contributed by atoms with E-state index in [0.29, 0.717) is 0 Å². The maximum atomic E-state index is 4.29. The van der Waals surface area contributed by atoms with Crippen molar-refractivity contribution in [2.45, 2.75) is 6.92 Å². The van der Waals surface area contributed by atoms with Crippen LogP contribution in [-0.4, -0.2) is 9.97 Å². The summed E-state index contributed by atoms with van der Waals surface area (Å²) in [5, 5.41) is 5.35. The van der Waals surface area contributed by atoms with Crippen molar-refractivity contribution < 1.29 is 0 Å². The molecule has 0 bridgehead atoms. The van der Waals surface area contributed by atoms with E-state index in [-0.39, 0.29) is 0 Å². The van der Waals surface area contributed by atoms with Gasteiger partial charge in [0.25, 0.3) is 0 Å². The summed E-state index contributed by atoms with van der Waals surface area (Å²) in [4.78, 5) is 8.50. The minimum Gasteiger partial charge on any atom is -0.339 e. The zero-order valence-electron chi connectivity index (χ0n) is 9.34. The number of hydrogen-bond acceptors (Lipinski definition) is 4. The van der Waals surface area contributed by atoms with Crippen LogP contribution >= 0.6 is 11.3 Å². The number of rotatable bonds is 2. The first-order valence-corrected chi connectivity index (χ1v) is 6.23. The lowest BCUT2D eigenvalue weighted by molar-refractivity contribution is 1.23. The second-order valence-corrected chi connectivity index (χ2v) is 4.76. The Labute approximate surface area is 103 Å². The van der Waals surface area contributed by atoms with Crippen LogP contribution in [-0.2, 0) is 0 Å². The number of anilines is 2. The third-order valence-corrected chi connectivity index (χ3v) is 3.47. The summed E-state index contributed by atoms with van der Waals surface area (Å²) in [6.07, 6.45) is 1.59. The first-order valence-electron chi connectivity index (χ1n) is 5.35. The van der Waals surface area contributed by atoms with Crippen LogP contribution in [0, 0.1) is 6.92 Å². The van der Waals surface area contributed by atoms with Crippen molar-refractivity contribution in [3.63, 3.8) is 0 Å². The number of fused-ring (bicyclic) bond motifs is 1. The Kier molecular flexibility index (Phi) is 2.49. The summed E-state index contributed by atoms with van der Waals surface area (Å²) in [5.74, 6) is 0.869. The molecular weight excluding hydrogens is 230 g/mol. The number of nitrogens with one attached hydrogen (secondary N) is 1. The molecule has 0 unspecified atom stereocenters. The van der Waals surface area contributed by atoms with Crippen LogP contribution < -0.4 is 5.32 Å². The van der Waals surface area contributed by atoms with Gasteiger partial charge in [-0.15, -0.1) is 11.3 Å². The van der Waals surface area contributed by atoms with Crippen molar-refractivity contribution in [1.29, 1.82) is 0 Å². The molecule has 3 rings (SSSR count). The van der Waals surface area contributed by atoms with Gasteiger partial charge in [-0.2, -0.15) is 0 Å². The predicted octanol–water partition coefficient (Wildman–Crippen LogP) is 3.74. The Morgan fingerprint density at radius 3 is 2.71 bits per heavy atom. The van der Waals surface area contributed by atoms with Gasteiger partial charge in [-0.05, 0) is 30.5 Å². The maximum absolute atomic E-state index is 4.29. The smallest absolute Gasteiger partial charge is 0.151 e. The van der Waals surface area contributed by atoms with E-state index in [1.165, 1.54) is 5.56 Å². The average molecular weight is 241 g/mol. The Morgan fingerprint density at radius 2 is 1.88 bits per heavy atom. The second-order valence-electron chi connectivity index (χ2n) is 3.85. The van der Waals surface area contributed by atoms with Crippen molar-refractivity contribution in [1.82, 2.24) is 9.97 Å². The van der Waals surface area contributed by atoms with Gasteiger partial charge in [-0.1, -0.05) is 17.7 Å². The standard InChI is InChI=1S/C13H11N3S/c1-9-2-4-10(5-3-9)16-13-12-11(6-7-17-12)14-8-15-13/h2-8H,1H3,(H,14,15,16). The van der Waals surface area contributed by atoms with E-state index in [1.807, 2.05) is 11.4 Å². The molecule has 1 aromatic carbocycles. The summed E-state index contributed by atoms with van der Waals surface area (Å²) in [7, 11) is 0. The summed E-state index contributed by atoms with van der Waals surface area (Å²) in [6.45, 7) is 2.08. The van der Waals surface area contributed by atoms with E-state index in [9.17, 15) is 0 Å². The summed E-state index contributed by atoms with van der Waals surface area (Å²) < 4.78 is 1.09. The number of hydrogen-bond donors (Lipinski definition) is 1. The summed E-state index contributed by atoms with van der Waals surface area (Å²) in [6, 6.07) is 10.3. The van der Waals surface area contributed by atoms with Gasteiger partial charge in [-0.25, -0.2) is 9.97 Å². The van der Waals surface area contributed by atoms with E-state index < -0.39 is 0 Å². The van der Waals surface area contributed by atoms with Crippen molar-refractivity contribution in [3.05, 3.63) is 47.6 Å². The fraction of sp³-hybridized carbons (Fsp3) is 0.0769. The molecule has 1 N–H and O–H groups in total. The largest absolute Gasteiger partial charge is 0.339 e. The Hall–Kier alpha value is -1.94. The topological polar surface area (TPSA) is 37.8 Å².